The van der Waals surface area contributed by atoms with Crippen molar-refractivity contribution in [3.63, 3.8) is 0 Å². The van der Waals surface area contributed by atoms with Gasteiger partial charge in [0.1, 0.15) is 0 Å². The third-order valence-electron chi connectivity index (χ3n) is 3.40. The minimum atomic E-state index is -0.900. The largest absolute Gasteiger partial charge is 0.478 e. The zero-order chi connectivity index (χ0) is 13.8. The van der Waals surface area contributed by atoms with Crippen molar-refractivity contribution in [2.45, 2.75) is 13.5 Å². The normalized spacial score (nSPS) is 16.4. The second-order valence-electron chi connectivity index (χ2n) is 4.79. The first kappa shape index (κ1) is 13.5. The van der Waals surface area contributed by atoms with E-state index < -0.39 is 5.97 Å². The van der Waals surface area contributed by atoms with Crippen molar-refractivity contribution in [3.05, 3.63) is 35.4 Å². The van der Waals surface area contributed by atoms with Crippen molar-refractivity contribution in [2.75, 3.05) is 26.2 Å². The minimum absolute atomic E-state index is 0.118. The lowest BCUT2D eigenvalue weighted by Gasteiger charge is -2.34. The Hall–Kier alpha value is -1.88. The molecule has 1 aromatic carbocycles. The van der Waals surface area contributed by atoms with E-state index in [1.54, 1.807) is 25.1 Å². The van der Waals surface area contributed by atoms with Crippen molar-refractivity contribution in [3.8, 4) is 0 Å². The van der Waals surface area contributed by atoms with Crippen LogP contribution < -0.4 is 0 Å². The van der Waals surface area contributed by atoms with E-state index in [0.717, 1.165) is 38.3 Å². The van der Waals surface area contributed by atoms with Crippen LogP contribution in [0.25, 0.3) is 0 Å². The summed E-state index contributed by atoms with van der Waals surface area (Å²) in [7, 11) is 0. The van der Waals surface area contributed by atoms with Crippen LogP contribution in [0.2, 0.25) is 0 Å². The molecule has 1 heterocycles. The summed E-state index contributed by atoms with van der Waals surface area (Å²) in [4.78, 5) is 26.2. The maximum absolute atomic E-state index is 11.2. The van der Waals surface area contributed by atoms with Crippen LogP contribution in [0.5, 0.6) is 0 Å². The van der Waals surface area contributed by atoms with Gasteiger partial charge in [0.05, 0.1) is 5.56 Å². The predicted octanol–water partition coefficient (Wildman–Crippen LogP) is 1.05. The van der Waals surface area contributed by atoms with Gasteiger partial charge in [0.15, 0.2) is 0 Å². The molecule has 0 atom stereocenters. The summed E-state index contributed by atoms with van der Waals surface area (Å²) < 4.78 is 0. The molecule has 5 heteroatoms. The fourth-order valence-electron chi connectivity index (χ4n) is 2.28. The first-order valence-electron chi connectivity index (χ1n) is 6.36. The minimum Gasteiger partial charge on any atom is -0.478 e. The predicted molar refractivity (Wildman–Crippen MR) is 70.9 cm³/mol. The van der Waals surface area contributed by atoms with Crippen molar-refractivity contribution in [2.24, 2.45) is 0 Å². The maximum atomic E-state index is 11.2. The molecule has 1 amide bonds. The summed E-state index contributed by atoms with van der Waals surface area (Å²) >= 11 is 0. The van der Waals surface area contributed by atoms with E-state index in [-0.39, 0.29) is 5.91 Å². The van der Waals surface area contributed by atoms with Gasteiger partial charge in [-0.05, 0) is 17.7 Å². The summed E-state index contributed by atoms with van der Waals surface area (Å²) in [6.45, 7) is 5.47. The number of nitrogens with zero attached hydrogens (tertiary/aromatic N) is 2. The quantitative estimate of drug-likeness (QED) is 0.884. The highest BCUT2D eigenvalue weighted by Gasteiger charge is 2.18. The smallest absolute Gasteiger partial charge is 0.335 e. The number of hydrogen-bond donors (Lipinski definition) is 1. The number of amides is 1. The molecule has 102 valence electrons. The van der Waals surface area contributed by atoms with Gasteiger partial charge < -0.3 is 10.0 Å². The fourth-order valence-corrected chi connectivity index (χ4v) is 2.28. The average molecular weight is 262 g/mol. The van der Waals surface area contributed by atoms with E-state index in [1.165, 1.54) is 0 Å². The number of rotatable bonds is 3. The molecular weight excluding hydrogens is 244 g/mol. The molecule has 0 bridgehead atoms. The maximum Gasteiger partial charge on any atom is 0.335 e. The Morgan fingerprint density at radius 1 is 1.21 bits per heavy atom. The Balaban J connectivity index is 1.94. The van der Waals surface area contributed by atoms with Gasteiger partial charge in [-0.15, -0.1) is 0 Å². The summed E-state index contributed by atoms with van der Waals surface area (Å²) in [5, 5.41) is 8.95. The number of piperazine rings is 1. The molecule has 1 N–H and O–H groups in total. The van der Waals surface area contributed by atoms with E-state index in [1.807, 2.05) is 11.0 Å². The summed E-state index contributed by atoms with van der Waals surface area (Å²) in [5.74, 6) is -0.782. The van der Waals surface area contributed by atoms with Crippen LogP contribution in [0.3, 0.4) is 0 Å². The van der Waals surface area contributed by atoms with Crippen molar-refractivity contribution < 1.29 is 14.7 Å². The van der Waals surface area contributed by atoms with Crippen LogP contribution in [0.4, 0.5) is 0 Å². The van der Waals surface area contributed by atoms with Crippen LogP contribution in [0, 0.1) is 0 Å². The Kier molecular flexibility index (Phi) is 4.16. The van der Waals surface area contributed by atoms with Gasteiger partial charge in [0.2, 0.25) is 5.91 Å². The van der Waals surface area contributed by atoms with Crippen LogP contribution in [-0.4, -0.2) is 53.0 Å². The van der Waals surface area contributed by atoms with Gasteiger partial charge in [-0.3, -0.25) is 9.69 Å². The number of benzene rings is 1. The molecule has 0 spiro atoms. The summed E-state index contributed by atoms with van der Waals surface area (Å²) in [6.07, 6.45) is 0. The summed E-state index contributed by atoms with van der Waals surface area (Å²) in [5.41, 5.74) is 1.32. The standard InChI is InChI=1S/C14H18N2O3/c1-11(17)16-7-5-15(6-8-16)10-12-3-2-4-13(9-12)14(18)19/h2-4,9H,5-8,10H2,1H3,(H,18,19). The Labute approximate surface area is 112 Å². The van der Waals surface area contributed by atoms with Gasteiger partial charge >= 0.3 is 5.97 Å². The zero-order valence-electron chi connectivity index (χ0n) is 11.0. The molecule has 1 aliphatic rings. The topological polar surface area (TPSA) is 60.9 Å². The zero-order valence-corrected chi connectivity index (χ0v) is 11.0. The molecule has 0 saturated carbocycles. The number of carboxylic acid groups (broad SMARTS) is 1. The molecule has 19 heavy (non-hydrogen) atoms. The number of carboxylic acids is 1. The van der Waals surface area contributed by atoms with Gasteiger partial charge in [-0.1, -0.05) is 12.1 Å². The molecular formula is C14H18N2O3. The number of carbonyl (C=O) groups excluding carboxylic acids is 1. The van der Waals surface area contributed by atoms with Crippen LogP contribution in [0.1, 0.15) is 22.8 Å². The van der Waals surface area contributed by atoms with Crippen molar-refractivity contribution in [1.29, 1.82) is 0 Å². The highest BCUT2D eigenvalue weighted by atomic mass is 16.4. The van der Waals surface area contributed by atoms with Gasteiger partial charge in [0, 0.05) is 39.6 Å². The van der Waals surface area contributed by atoms with Crippen molar-refractivity contribution >= 4 is 11.9 Å². The molecule has 5 nitrogen and oxygen atoms in total. The molecule has 1 aliphatic heterocycles. The second kappa shape index (κ2) is 5.84. The molecule has 1 saturated heterocycles. The van der Waals surface area contributed by atoms with Crippen LogP contribution >= 0.6 is 0 Å². The second-order valence-corrected chi connectivity index (χ2v) is 4.79. The lowest BCUT2D eigenvalue weighted by molar-refractivity contribution is -0.130. The average Bonchev–Trinajstić information content (AvgIpc) is 2.39. The molecule has 0 aliphatic carbocycles. The first-order valence-corrected chi connectivity index (χ1v) is 6.36. The van der Waals surface area contributed by atoms with E-state index in [0.29, 0.717) is 5.56 Å². The Morgan fingerprint density at radius 2 is 1.89 bits per heavy atom. The van der Waals surface area contributed by atoms with E-state index in [4.69, 9.17) is 5.11 Å². The van der Waals surface area contributed by atoms with Gasteiger partial charge in [-0.2, -0.15) is 0 Å². The number of hydrogen-bond acceptors (Lipinski definition) is 3. The summed E-state index contributed by atoms with van der Waals surface area (Å²) in [6, 6.07) is 7.01. The molecule has 0 aromatic heterocycles. The third-order valence-corrected chi connectivity index (χ3v) is 3.40. The SMILES string of the molecule is CC(=O)N1CCN(Cc2cccc(C(=O)O)c2)CC1. The number of carbonyl (C=O) groups is 2. The number of aromatic carboxylic acids is 1. The monoisotopic (exact) mass is 262 g/mol. The lowest BCUT2D eigenvalue weighted by atomic mass is 10.1. The molecule has 0 unspecified atom stereocenters. The van der Waals surface area contributed by atoms with Gasteiger partial charge in [-0.25, -0.2) is 4.79 Å². The van der Waals surface area contributed by atoms with E-state index in [2.05, 4.69) is 4.90 Å². The van der Waals surface area contributed by atoms with Crippen LogP contribution in [0.15, 0.2) is 24.3 Å². The van der Waals surface area contributed by atoms with E-state index in [9.17, 15) is 9.59 Å². The molecule has 2 rings (SSSR count). The van der Waals surface area contributed by atoms with Crippen molar-refractivity contribution in [1.82, 2.24) is 9.80 Å². The van der Waals surface area contributed by atoms with Crippen LogP contribution in [-0.2, 0) is 11.3 Å². The van der Waals surface area contributed by atoms with E-state index >= 15 is 0 Å². The third kappa shape index (κ3) is 3.54. The fraction of sp³-hybridized carbons (Fsp3) is 0.429. The molecule has 1 aromatic rings. The Bertz CT molecular complexity index is 479. The highest BCUT2D eigenvalue weighted by molar-refractivity contribution is 5.87. The first-order chi connectivity index (χ1) is 9.06. The lowest BCUT2D eigenvalue weighted by Crippen LogP contribution is -2.47. The van der Waals surface area contributed by atoms with Gasteiger partial charge in [0.25, 0.3) is 0 Å². The Morgan fingerprint density at radius 3 is 2.47 bits per heavy atom. The highest BCUT2D eigenvalue weighted by Crippen LogP contribution is 2.11. The molecule has 0 radical (unpaired) electrons. The molecule has 1 fully saturated rings.